The van der Waals surface area contributed by atoms with Crippen LogP contribution >= 0.6 is 27.5 Å². The van der Waals surface area contributed by atoms with E-state index in [1.165, 1.54) is 4.90 Å². The van der Waals surface area contributed by atoms with Crippen molar-refractivity contribution in [2.24, 2.45) is 0 Å². The van der Waals surface area contributed by atoms with Gasteiger partial charge < -0.3 is 9.64 Å². The standard InChI is InChI=1S/C13H15BrClNO3/c1-3-16(8-12(17)19-4-2)13(18)10-6-5-9(14)7-11(10)15/h5-7H,3-4,8H2,1-2H3. The number of halogens is 2. The highest BCUT2D eigenvalue weighted by molar-refractivity contribution is 9.10. The Hall–Kier alpha value is -1.07. The maximum absolute atomic E-state index is 12.3. The number of amides is 1. The molecule has 0 heterocycles. The third kappa shape index (κ3) is 4.51. The fourth-order valence-corrected chi connectivity index (χ4v) is 2.28. The lowest BCUT2D eigenvalue weighted by Crippen LogP contribution is -2.36. The molecule has 0 unspecified atom stereocenters. The zero-order chi connectivity index (χ0) is 14.4. The van der Waals surface area contributed by atoms with E-state index in [0.717, 1.165) is 4.47 Å². The SMILES string of the molecule is CCOC(=O)CN(CC)C(=O)c1ccc(Br)cc1Cl. The van der Waals surface area contributed by atoms with E-state index < -0.39 is 5.97 Å². The minimum atomic E-state index is -0.425. The van der Waals surface area contributed by atoms with Crippen LogP contribution < -0.4 is 0 Å². The summed E-state index contributed by atoms with van der Waals surface area (Å²) < 4.78 is 5.63. The van der Waals surface area contributed by atoms with Gasteiger partial charge in [-0.15, -0.1) is 0 Å². The van der Waals surface area contributed by atoms with Crippen molar-refractivity contribution in [1.29, 1.82) is 0 Å². The summed E-state index contributed by atoms with van der Waals surface area (Å²) in [6.45, 7) is 4.15. The summed E-state index contributed by atoms with van der Waals surface area (Å²) in [6, 6.07) is 5.01. The van der Waals surface area contributed by atoms with E-state index in [1.807, 2.05) is 0 Å². The summed E-state index contributed by atoms with van der Waals surface area (Å²) in [5.41, 5.74) is 0.371. The molecule has 0 spiro atoms. The van der Waals surface area contributed by atoms with Gasteiger partial charge in [0.25, 0.3) is 5.91 Å². The minimum Gasteiger partial charge on any atom is -0.465 e. The Morgan fingerprint density at radius 1 is 1.37 bits per heavy atom. The van der Waals surface area contributed by atoms with Crippen LogP contribution in [-0.4, -0.2) is 36.5 Å². The summed E-state index contributed by atoms with van der Waals surface area (Å²) in [5, 5.41) is 0.349. The second-order valence-corrected chi connectivity index (χ2v) is 5.07. The molecule has 1 rings (SSSR count). The van der Waals surface area contributed by atoms with Gasteiger partial charge in [-0.25, -0.2) is 0 Å². The molecule has 1 amide bonds. The highest BCUT2D eigenvalue weighted by Gasteiger charge is 2.20. The van der Waals surface area contributed by atoms with Crippen LogP contribution in [0, 0.1) is 0 Å². The lowest BCUT2D eigenvalue weighted by molar-refractivity contribution is -0.143. The van der Waals surface area contributed by atoms with Crippen molar-refractivity contribution in [3.8, 4) is 0 Å². The van der Waals surface area contributed by atoms with Crippen molar-refractivity contribution in [1.82, 2.24) is 4.90 Å². The topological polar surface area (TPSA) is 46.6 Å². The van der Waals surface area contributed by atoms with Gasteiger partial charge >= 0.3 is 5.97 Å². The van der Waals surface area contributed by atoms with Crippen molar-refractivity contribution in [3.05, 3.63) is 33.3 Å². The Kier molecular flexibility index (Phi) is 6.31. The third-order valence-electron chi connectivity index (χ3n) is 2.46. The van der Waals surface area contributed by atoms with Crippen LogP contribution in [0.3, 0.4) is 0 Å². The van der Waals surface area contributed by atoms with Gasteiger partial charge in [0.2, 0.25) is 0 Å². The highest BCUT2D eigenvalue weighted by Crippen LogP contribution is 2.22. The molecule has 1 aromatic carbocycles. The van der Waals surface area contributed by atoms with Gasteiger partial charge in [0, 0.05) is 11.0 Å². The first-order chi connectivity index (χ1) is 8.99. The number of ether oxygens (including phenoxy) is 1. The first kappa shape index (κ1) is 16.0. The normalized spacial score (nSPS) is 10.1. The number of hydrogen-bond donors (Lipinski definition) is 0. The molecular weight excluding hydrogens is 334 g/mol. The lowest BCUT2D eigenvalue weighted by atomic mass is 10.2. The van der Waals surface area contributed by atoms with Crippen LogP contribution in [0.4, 0.5) is 0 Å². The summed E-state index contributed by atoms with van der Waals surface area (Å²) in [6.07, 6.45) is 0. The Labute approximate surface area is 125 Å². The Bertz CT molecular complexity index is 479. The van der Waals surface area contributed by atoms with Crippen LogP contribution in [0.2, 0.25) is 5.02 Å². The van der Waals surface area contributed by atoms with E-state index in [0.29, 0.717) is 23.7 Å². The molecule has 0 bridgehead atoms. The van der Waals surface area contributed by atoms with Gasteiger partial charge in [0.1, 0.15) is 6.54 Å². The van der Waals surface area contributed by atoms with Gasteiger partial charge in [0.05, 0.1) is 17.2 Å². The van der Waals surface area contributed by atoms with Crippen LogP contribution in [0.25, 0.3) is 0 Å². The molecule has 104 valence electrons. The third-order valence-corrected chi connectivity index (χ3v) is 3.26. The molecular formula is C13H15BrClNO3. The van der Waals surface area contributed by atoms with Crippen molar-refractivity contribution < 1.29 is 14.3 Å². The molecule has 0 aliphatic rings. The van der Waals surface area contributed by atoms with Crippen molar-refractivity contribution in [2.75, 3.05) is 19.7 Å². The molecule has 1 aromatic rings. The molecule has 0 saturated heterocycles. The Morgan fingerprint density at radius 3 is 2.58 bits per heavy atom. The van der Waals surface area contributed by atoms with Crippen molar-refractivity contribution >= 4 is 39.4 Å². The van der Waals surface area contributed by atoms with Crippen LogP contribution in [0.15, 0.2) is 22.7 Å². The maximum Gasteiger partial charge on any atom is 0.325 e. The Morgan fingerprint density at radius 2 is 2.05 bits per heavy atom. The predicted molar refractivity (Wildman–Crippen MR) is 77.4 cm³/mol. The van der Waals surface area contributed by atoms with E-state index in [9.17, 15) is 9.59 Å². The molecule has 0 fully saturated rings. The van der Waals surface area contributed by atoms with E-state index in [2.05, 4.69) is 15.9 Å². The first-order valence-corrected chi connectivity index (χ1v) is 7.06. The minimum absolute atomic E-state index is 0.0738. The van der Waals surface area contributed by atoms with Crippen LogP contribution in [0.1, 0.15) is 24.2 Å². The molecule has 6 heteroatoms. The number of carbonyl (C=O) groups excluding carboxylic acids is 2. The lowest BCUT2D eigenvalue weighted by Gasteiger charge is -2.20. The largest absolute Gasteiger partial charge is 0.465 e. The molecule has 0 N–H and O–H groups in total. The number of nitrogens with zero attached hydrogens (tertiary/aromatic N) is 1. The second-order valence-electron chi connectivity index (χ2n) is 3.75. The fourth-order valence-electron chi connectivity index (χ4n) is 1.52. The van der Waals surface area contributed by atoms with Gasteiger partial charge in [-0.1, -0.05) is 27.5 Å². The fraction of sp³-hybridized carbons (Fsp3) is 0.385. The van der Waals surface area contributed by atoms with E-state index in [4.69, 9.17) is 16.3 Å². The predicted octanol–water partition coefficient (Wildman–Crippen LogP) is 3.13. The smallest absolute Gasteiger partial charge is 0.325 e. The van der Waals surface area contributed by atoms with Crippen LogP contribution in [-0.2, 0) is 9.53 Å². The summed E-state index contributed by atoms with van der Waals surface area (Å²) in [5.74, 6) is -0.709. The summed E-state index contributed by atoms with van der Waals surface area (Å²) >= 11 is 9.31. The molecule has 0 aromatic heterocycles. The monoisotopic (exact) mass is 347 g/mol. The van der Waals surface area contributed by atoms with E-state index >= 15 is 0 Å². The van der Waals surface area contributed by atoms with Gasteiger partial charge in [-0.2, -0.15) is 0 Å². The molecule has 0 aliphatic carbocycles. The number of likely N-dealkylation sites (N-methyl/N-ethyl adjacent to an activating group) is 1. The summed E-state index contributed by atoms with van der Waals surface area (Å²) in [7, 11) is 0. The van der Waals surface area contributed by atoms with Crippen molar-refractivity contribution in [2.45, 2.75) is 13.8 Å². The number of hydrogen-bond acceptors (Lipinski definition) is 3. The van der Waals surface area contributed by atoms with E-state index in [1.54, 1.807) is 32.0 Å². The number of esters is 1. The zero-order valence-corrected chi connectivity index (χ0v) is 13.1. The average molecular weight is 349 g/mol. The van der Waals surface area contributed by atoms with Gasteiger partial charge in [0.15, 0.2) is 0 Å². The molecule has 19 heavy (non-hydrogen) atoms. The quantitative estimate of drug-likeness (QED) is 0.768. The number of benzene rings is 1. The number of carbonyl (C=O) groups is 2. The second kappa shape index (κ2) is 7.50. The molecule has 0 aliphatic heterocycles. The summed E-state index contributed by atoms with van der Waals surface area (Å²) in [4.78, 5) is 25.1. The maximum atomic E-state index is 12.3. The first-order valence-electron chi connectivity index (χ1n) is 5.89. The average Bonchev–Trinajstić information content (AvgIpc) is 2.35. The van der Waals surface area contributed by atoms with Crippen molar-refractivity contribution in [3.63, 3.8) is 0 Å². The zero-order valence-electron chi connectivity index (χ0n) is 10.8. The highest BCUT2D eigenvalue weighted by atomic mass is 79.9. The van der Waals surface area contributed by atoms with E-state index in [-0.39, 0.29) is 12.5 Å². The molecule has 4 nitrogen and oxygen atoms in total. The van der Waals surface area contributed by atoms with Crippen LogP contribution in [0.5, 0.6) is 0 Å². The molecule has 0 radical (unpaired) electrons. The van der Waals surface area contributed by atoms with Gasteiger partial charge in [-0.05, 0) is 32.0 Å². The molecule has 0 saturated carbocycles. The Balaban J connectivity index is 2.86. The molecule has 0 atom stereocenters. The van der Waals surface area contributed by atoms with Gasteiger partial charge in [-0.3, -0.25) is 9.59 Å². The number of rotatable bonds is 5.